The van der Waals surface area contributed by atoms with Crippen molar-refractivity contribution in [2.24, 2.45) is 5.73 Å². The first-order valence-corrected chi connectivity index (χ1v) is 4.97. The van der Waals surface area contributed by atoms with Gasteiger partial charge < -0.3 is 15.2 Å². The van der Waals surface area contributed by atoms with Gasteiger partial charge in [-0.2, -0.15) is 13.2 Å². The molecule has 0 aliphatic rings. The lowest BCUT2D eigenvalue weighted by atomic mass is 10.2. The van der Waals surface area contributed by atoms with Crippen LogP contribution in [0.15, 0.2) is 24.3 Å². The summed E-state index contributed by atoms with van der Waals surface area (Å²) < 4.78 is 47.4. The summed E-state index contributed by atoms with van der Waals surface area (Å²) >= 11 is 0. The summed E-state index contributed by atoms with van der Waals surface area (Å²) in [5.41, 5.74) is 5.26. The quantitative estimate of drug-likeness (QED) is 0.890. The van der Waals surface area contributed by atoms with Gasteiger partial charge in [0.25, 0.3) is 0 Å². The predicted octanol–water partition coefficient (Wildman–Crippen LogP) is 2.35. The third-order valence-corrected chi connectivity index (χ3v) is 2.12. The molecule has 1 rings (SSSR count). The number of hydrogen-bond donors (Lipinski definition) is 1. The maximum atomic E-state index is 12.6. The molecule has 0 aliphatic carbocycles. The molecule has 6 heteroatoms. The van der Waals surface area contributed by atoms with Gasteiger partial charge in [-0.15, -0.1) is 0 Å². The summed E-state index contributed by atoms with van der Waals surface area (Å²) in [5.74, 6) is 0.645. The van der Waals surface area contributed by atoms with E-state index in [9.17, 15) is 13.2 Å². The standard InChI is InChI=1S/C11H14F3NO2/c1-7(15)10(11(12,13)14)17-9-5-3-8(16-2)4-6-9/h3-7,10H,15H2,1-2H3. The first-order chi connectivity index (χ1) is 7.84. The van der Waals surface area contributed by atoms with Gasteiger partial charge in [-0.05, 0) is 31.2 Å². The highest BCUT2D eigenvalue weighted by atomic mass is 19.4. The lowest BCUT2D eigenvalue weighted by molar-refractivity contribution is -0.199. The zero-order valence-electron chi connectivity index (χ0n) is 9.49. The highest BCUT2D eigenvalue weighted by Crippen LogP contribution is 2.27. The van der Waals surface area contributed by atoms with E-state index >= 15 is 0 Å². The predicted molar refractivity (Wildman–Crippen MR) is 57.1 cm³/mol. The molecule has 0 radical (unpaired) electrons. The first-order valence-electron chi connectivity index (χ1n) is 4.97. The molecule has 17 heavy (non-hydrogen) atoms. The van der Waals surface area contributed by atoms with Crippen LogP contribution in [-0.4, -0.2) is 25.4 Å². The van der Waals surface area contributed by atoms with Crippen LogP contribution in [0.1, 0.15) is 6.92 Å². The van der Waals surface area contributed by atoms with E-state index in [1.165, 1.54) is 38.3 Å². The Morgan fingerprint density at radius 3 is 1.94 bits per heavy atom. The van der Waals surface area contributed by atoms with Crippen molar-refractivity contribution >= 4 is 0 Å². The third kappa shape index (κ3) is 3.81. The minimum absolute atomic E-state index is 0.102. The van der Waals surface area contributed by atoms with Crippen LogP contribution in [0.3, 0.4) is 0 Å². The SMILES string of the molecule is COc1ccc(OC(C(C)N)C(F)(F)F)cc1. The van der Waals surface area contributed by atoms with E-state index in [4.69, 9.17) is 15.2 Å². The van der Waals surface area contributed by atoms with Crippen LogP contribution in [0.25, 0.3) is 0 Å². The van der Waals surface area contributed by atoms with Gasteiger partial charge in [0.15, 0.2) is 0 Å². The van der Waals surface area contributed by atoms with Crippen LogP contribution in [0, 0.1) is 0 Å². The van der Waals surface area contributed by atoms with Gasteiger partial charge in [0.1, 0.15) is 11.5 Å². The molecule has 2 atom stereocenters. The second-order valence-electron chi connectivity index (χ2n) is 3.61. The van der Waals surface area contributed by atoms with Crippen LogP contribution in [-0.2, 0) is 0 Å². The molecule has 0 bridgehead atoms. The van der Waals surface area contributed by atoms with Gasteiger partial charge in [-0.25, -0.2) is 0 Å². The Hall–Kier alpha value is -1.43. The average molecular weight is 249 g/mol. The number of alkyl halides is 3. The molecule has 2 N–H and O–H groups in total. The maximum Gasteiger partial charge on any atom is 0.426 e. The highest BCUT2D eigenvalue weighted by molar-refractivity contribution is 5.31. The van der Waals surface area contributed by atoms with Gasteiger partial charge in [0.05, 0.1) is 7.11 Å². The Balaban J connectivity index is 2.79. The summed E-state index contributed by atoms with van der Waals surface area (Å²) in [4.78, 5) is 0. The molecule has 1 aromatic carbocycles. The van der Waals surface area contributed by atoms with E-state index < -0.39 is 18.3 Å². The maximum absolute atomic E-state index is 12.6. The van der Waals surface area contributed by atoms with Crippen LogP contribution in [0.2, 0.25) is 0 Å². The molecule has 96 valence electrons. The van der Waals surface area contributed by atoms with E-state index in [1.807, 2.05) is 0 Å². The Labute approximate surface area is 97.3 Å². The molecular formula is C11H14F3NO2. The fourth-order valence-electron chi connectivity index (χ4n) is 1.27. The van der Waals surface area contributed by atoms with Crippen molar-refractivity contribution in [3.8, 4) is 11.5 Å². The lowest BCUT2D eigenvalue weighted by Gasteiger charge is -2.24. The van der Waals surface area contributed by atoms with Gasteiger partial charge >= 0.3 is 6.18 Å². The van der Waals surface area contributed by atoms with Gasteiger partial charge in [0.2, 0.25) is 6.10 Å². The number of rotatable bonds is 4. The van der Waals surface area contributed by atoms with E-state index in [-0.39, 0.29) is 5.75 Å². The molecule has 0 aromatic heterocycles. The number of nitrogens with two attached hydrogens (primary N) is 1. The van der Waals surface area contributed by atoms with Crippen molar-refractivity contribution in [1.29, 1.82) is 0 Å². The molecule has 0 spiro atoms. The van der Waals surface area contributed by atoms with Crippen LogP contribution in [0.5, 0.6) is 11.5 Å². The van der Waals surface area contributed by atoms with Crippen molar-refractivity contribution in [2.45, 2.75) is 25.2 Å². The number of benzene rings is 1. The molecule has 0 amide bonds. The molecule has 3 nitrogen and oxygen atoms in total. The van der Waals surface area contributed by atoms with Crippen LogP contribution in [0.4, 0.5) is 13.2 Å². The van der Waals surface area contributed by atoms with Crippen molar-refractivity contribution < 1.29 is 22.6 Å². The Morgan fingerprint density at radius 2 is 1.59 bits per heavy atom. The van der Waals surface area contributed by atoms with Crippen molar-refractivity contribution in [1.82, 2.24) is 0 Å². The zero-order valence-corrected chi connectivity index (χ0v) is 9.49. The summed E-state index contributed by atoms with van der Waals surface area (Å²) in [6, 6.07) is 4.70. The number of halogens is 3. The summed E-state index contributed by atoms with van der Waals surface area (Å²) in [6.45, 7) is 1.25. The second-order valence-corrected chi connectivity index (χ2v) is 3.61. The molecule has 0 saturated carbocycles. The van der Waals surface area contributed by atoms with E-state index in [0.29, 0.717) is 5.75 Å². The number of hydrogen-bond acceptors (Lipinski definition) is 3. The van der Waals surface area contributed by atoms with Crippen LogP contribution < -0.4 is 15.2 Å². The Morgan fingerprint density at radius 1 is 1.12 bits per heavy atom. The molecule has 0 fully saturated rings. The molecule has 2 unspecified atom stereocenters. The first kappa shape index (κ1) is 13.6. The van der Waals surface area contributed by atoms with Gasteiger partial charge in [0, 0.05) is 6.04 Å². The largest absolute Gasteiger partial charge is 0.497 e. The summed E-state index contributed by atoms with van der Waals surface area (Å²) in [7, 11) is 1.47. The summed E-state index contributed by atoms with van der Waals surface area (Å²) in [6.07, 6.45) is -6.51. The molecule has 0 aliphatic heterocycles. The zero-order chi connectivity index (χ0) is 13.1. The second kappa shape index (κ2) is 5.27. The average Bonchev–Trinajstić information content (AvgIpc) is 2.24. The van der Waals surface area contributed by atoms with Gasteiger partial charge in [-0.3, -0.25) is 0 Å². The van der Waals surface area contributed by atoms with Gasteiger partial charge in [-0.1, -0.05) is 0 Å². The minimum Gasteiger partial charge on any atom is -0.497 e. The molecule has 0 saturated heterocycles. The Bertz CT molecular complexity index is 349. The summed E-state index contributed by atoms with van der Waals surface area (Å²) in [5, 5.41) is 0. The number of ether oxygens (including phenoxy) is 2. The fraction of sp³-hybridized carbons (Fsp3) is 0.455. The highest BCUT2D eigenvalue weighted by Gasteiger charge is 2.44. The Kier molecular flexibility index (Phi) is 4.22. The normalized spacial score (nSPS) is 15.2. The topological polar surface area (TPSA) is 44.5 Å². The van der Waals surface area contributed by atoms with E-state index in [0.717, 1.165) is 0 Å². The van der Waals surface area contributed by atoms with Crippen molar-refractivity contribution in [2.75, 3.05) is 7.11 Å². The minimum atomic E-state index is -4.49. The molecule has 0 heterocycles. The van der Waals surface area contributed by atoms with Crippen molar-refractivity contribution in [3.05, 3.63) is 24.3 Å². The van der Waals surface area contributed by atoms with E-state index in [2.05, 4.69) is 0 Å². The van der Waals surface area contributed by atoms with Crippen LogP contribution >= 0.6 is 0 Å². The number of methoxy groups -OCH3 is 1. The molecular weight excluding hydrogens is 235 g/mol. The third-order valence-electron chi connectivity index (χ3n) is 2.12. The molecule has 1 aromatic rings. The van der Waals surface area contributed by atoms with Crippen molar-refractivity contribution in [3.63, 3.8) is 0 Å². The monoisotopic (exact) mass is 249 g/mol. The fourth-order valence-corrected chi connectivity index (χ4v) is 1.27. The van der Waals surface area contributed by atoms with E-state index in [1.54, 1.807) is 0 Å². The lowest BCUT2D eigenvalue weighted by Crippen LogP contribution is -2.47. The smallest absolute Gasteiger partial charge is 0.426 e.